The fourth-order valence-corrected chi connectivity index (χ4v) is 8.87. The molecule has 2 unspecified atom stereocenters. The van der Waals surface area contributed by atoms with Crippen LogP contribution in [0.1, 0.15) is 82.0 Å². The lowest BCUT2D eigenvalue weighted by molar-refractivity contribution is -0.144. The normalized spacial score (nSPS) is 18.1. The van der Waals surface area contributed by atoms with E-state index >= 15 is 0 Å². The number of likely N-dealkylation sites (tertiary alicyclic amines) is 2. The number of fused-ring (bicyclic) bond motifs is 1. The number of Topliss-reactive ketones (excluding diaryl/α,β-unsaturated/α-hetero) is 1. The van der Waals surface area contributed by atoms with Gasteiger partial charge in [-0.2, -0.15) is 0 Å². The minimum Gasteiger partial charge on any atom is -0.387 e. The summed E-state index contributed by atoms with van der Waals surface area (Å²) in [5, 5.41) is 14.7. The average Bonchev–Trinajstić information content (AvgIpc) is 4.04. The molecule has 4 atom stereocenters. The number of imidazole rings is 2. The van der Waals surface area contributed by atoms with Crippen molar-refractivity contribution in [1.29, 1.82) is 0 Å². The molecule has 298 valence electrons. The van der Waals surface area contributed by atoms with E-state index in [9.17, 15) is 29.1 Å². The van der Waals surface area contributed by atoms with E-state index in [0.717, 1.165) is 52.3 Å². The molecule has 5 aromatic rings. The first-order valence-corrected chi connectivity index (χ1v) is 20.3. The van der Waals surface area contributed by atoms with Gasteiger partial charge in [0.2, 0.25) is 23.6 Å². The lowest BCUT2D eigenvalue weighted by atomic mass is 9.94. The number of aliphatic hydroxyl groups is 1. The summed E-state index contributed by atoms with van der Waals surface area (Å²) in [6, 6.07) is 14.8. The Morgan fingerprint density at radius 1 is 0.895 bits per heavy atom. The van der Waals surface area contributed by atoms with Gasteiger partial charge in [0.1, 0.15) is 24.5 Å². The van der Waals surface area contributed by atoms with E-state index in [1.807, 2.05) is 73.1 Å². The molecule has 7 rings (SSSR count). The lowest BCUT2D eigenvalue weighted by Crippen LogP contribution is -2.52. The third kappa shape index (κ3) is 8.69. The first-order chi connectivity index (χ1) is 27.5. The van der Waals surface area contributed by atoms with Gasteiger partial charge in [-0.3, -0.25) is 28.4 Å². The van der Waals surface area contributed by atoms with Crippen LogP contribution < -0.4 is 10.6 Å². The minimum atomic E-state index is -0.862. The van der Waals surface area contributed by atoms with Crippen molar-refractivity contribution in [2.24, 2.45) is 5.92 Å². The van der Waals surface area contributed by atoms with Crippen molar-refractivity contribution in [3.8, 4) is 21.7 Å². The first kappa shape index (κ1) is 39.6. The number of amides is 4. The zero-order chi connectivity index (χ0) is 40.2. The highest BCUT2D eigenvalue weighted by atomic mass is 32.1. The van der Waals surface area contributed by atoms with Gasteiger partial charge in [-0.25, -0.2) is 9.97 Å². The molecule has 0 bridgehead atoms. The number of carbonyl (C=O) groups excluding carboxylic acids is 5. The van der Waals surface area contributed by atoms with Gasteiger partial charge in [0.25, 0.3) is 0 Å². The van der Waals surface area contributed by atoms with Crippen LogP contribution >= 0.6 is 11.3 Å². The molecule has 2 aliphatic heterocycles. The molecular formula is C42H48N8O6S. The third-order valence-electron chi connectivity index (χ3n) is 10.8. The largest absolute Gasteiger partial charge is 0.387 e. The molecule has 2 aromatic carbocycles. The number of nitrogens with one attached hydrogen (secondary N) is 3. The molecular weight excluding hydrogens is 745 g/mol. The van der Waals surface area contributed by atoms with Gasteiger partial charge in [0.05, 0.1) is 41.0 Å². The first-order valence-electron chi connectivity index (χ1n) is 19.5. The standard InChI is InChI=1S/C42H48N8O6S/c1-25(2)37(47-36(54)24-51)40(55)50-19-9-13-33(50)39-43-21-31(46-39)27-14-16-28(17-15-27)35-23-48-22-30(45-42(48)57-35)20-34(53)32-12-7-8-18-49(32)41(56)38(44-26(3)52)29-10-5-4-6-11-29/h4-6,10-11,14-17,21-23,25,32-33,37-38,51H,7-9,12-13,18-20,24H2,1-3H3,(H,43,46)(H,44,52)(H,47,54)/t32?,33?,37-,38+/m0/s1. The second kappa shape index (κ2) is 17.2. The molecule has 14 nitrogen and oxygen atoms in total. The molecule has 5 heterocycles. The number of H-pyrrole nitrogens is 1. The van der Waals surface area contributed by atoms with Gasteiger partial charge in [0.15, 0.2) is 10.7 Å². The monoisotopic (exact) mass is 792 g/mol. The minimum absolute atomic E-state index is 0.0697. The Bertz CT molecular complexity index is 2210. The number of hydrogen-bond acceptors (Lipinski definition) is 9. The van der Waals surface area contributed by atoms with E-state index in [-0.39, 0.29) is 41.9 Å². The Hall–Kier alpha value is -5.67. The molecule has 3 aromatic heterocycles. The number of aromatic amines is 1. The summed E-state index contributed by atoms with van der Waals surface area (Å²) in [5.41, 5.74) is 4.08. The number of aromatic nitrogens is 4. The van der Waals surface area contributed by atoms with E-state index < -0.39 is 30.6 Å². The van der Waals surface area contributed by atoms with Crippen molar-refractivity contribution < 1.29 is 29.1 Å². The number of carbonyl (C=O) groups is 5. The molecule has 4 N–H and O–H groups in total. The van der Waals surface area contributed by atoms with Crippen molar-refractivity contribution >= 4 is 45.7 Å². The van der Waals surface area contributed by atoms with Crippen molar-refractivity contribution in [1.82, 2.24) is 39.8 Å². The van der Waals surface area contributed by atoms with E-state index in [1.54, 1.807) is 28.1 Å². The molecule has 2 saturated heterocycles. The predicted molar refractivity (Wildman–Crippen MR) is 215 cm³/mol. The Labute approximate surface area is 334 Å². The van der Waals surface area contributed by atoms with Gasteiger partial charge in [-0.1, -0.05) is 79.8 Å². The van der Waals surface area contributed by atoms with Crippen LogP contribution in [-0.4, -0.2) is 95.5 Å². The molecule has 0 radical (unpaired) electrons. The molecule has 4 amide bonds. The van der Waals surface area contributed by atoms with Gasteiger partial charge in [-0.15, -0.1) is 0 Å². The summed E-state index contributed by atoms with van der Waals surface area (Å²) in [7, 11) is 0. The fourth-order valence-electron chi connectivity index (χ4n) is 7.88. The van der Waals surface area contributed by atoms with Gasteiger partial charge < -0.3 is 30.5 Å². The van der Waals surface area contributed by atoms with Gasteiger partial charge >= 0.3 is 0 Å². The summed E-state index contributed by atoms with van der Waals surface area (Å²) in [5.74, 6) is -0.880. The van der Waals surface area contributed by atoms with Crippen LogP contribution in [0.25, 0.3) is 26.7 Å². The molecule has 57 heavy (non-hydrogen) atoms. The fraction of sp³-hybridized carbons (Fsp3) is 0.405. The highest BCUT2D eigenvalue weighted by molar-refractivity contribution is 7.20. The highest BCUT2D eigenvalue weighted by Crippen LogP contribution is 2.34. The van der Waals surface area contributed by atoms with Crippen molar-refractivity contribution in [2.75, 3.05) is 19.7 Å². The number of rotatable bonds is 13. The van der Waals surface area contributed by atoms with E-state index in [0.29, 0.717) is 36.6 Å². The number of benzene rings is 2. The van der Waals surface area contributed by atoms with E-state index in [2.05, 4.69) is 20.6 Å². The Balaban J connectivity index is 1.00. The number of hydrogen-bond donors (Lipinski definition) is 4. The van der Waals surface area contributed by atoms with Crippen LogP contribution in [0.15, 0.2) is 73.2 Å². The van der Waals surface area contributed by atoms with Crippen LogP contribution in [0, 0.1) is 5.92 Å². The van der Waals surface area contributed by atoms with Gasteiger partial charge in [-0.05, 0) is 54.7 Å². The summed E-state index contributed by atoms with van der Waals surface area (Å²) < 4.78 is 1.93. The highest BCUT2D eigenvalue weighted by Gasteiger charge is 2.38. The number of aliphatic hydroxyl groups excluding tert-OH is 1. The Morgan fingerprint density at radius 2 is 1.63 bits per heavy atom. The number of ketones is 1. The van der Waals surface area contributed by atoms with Crippen LogP contribution in [-0.2, 0) is 30.4 Å². The van der Waals surface area contributed by atoms with Crippen LogP contribution in [0.3, 0.4) is 0 Å². The van der Waals surface area contributed by atoms with Crippen LogP contribution in [0.5, 0.6) is 0 Å². The molecule has 0 aliphatic carbocycles. The van der Waals surface area contributed by atoms with Crippen molar-refractivity contribution in [2.45, 2.75) is 83.5 Å². The smallest absolute Gasteiger partial charge is 0.250 e. The van der Waals surface area contributed by atoms with Crippen molar-refractivity contribution in [3.63, 3.8) is 0 Å². The summed E-state index contributed by atoms with van der Waals surface area (Å²) >= 11 is 1.52. The number of nitrogens with zero attached hydrogens (tertiary/aromatic N) is 5. The van der Waals surface area contributed by atoms with Crippen molar-refractivity contribution in [3.05, 3.63) is 90.3 Å². The maximum atomic E-state index is 13.8. The van der Waals surface area contributed by atoms with Crippen LogP contribution in [0.2, 0.25) is 0 Å². The molecule has 15 heteroatoms. The van der Waals surface area contributed by atoms with E-state index in [1.165, 1.54) is 18.3 Å². The summed E-state index contributed by atoms with van der Waals surface area (Å²) in [6.07, 6.45) is 9.50. The quantitative estimate of drug-likeness (QED) is 0.133. The number of thiazole rings is 1. The summed E-state index contributed by atoms with van der Waals surface area (Å²) in [4.78, 5) is 83.1. The zero-order valence-corrected chi connectivity index (χ0v) is 33.1. The zero-order valence-electron chi connectivity index (χ0n) is 32.3. The maximum absolute atomic E-state index is 13.8. The average molecular weight is 793 g/mol. The van der Waals surface area contributed by atoms with E-state index in [4.69, 9.17) is 4.98 Å². The maximum Gasteiger partial charge on any atom is 0.250 e. The second-order valence-electron chi connectivity index (χ2n) is 15.1. The van der Waals surface area contributed by atoms with Gasteiger partial charge in [0, 0.05) is 32.4 Å². The molecule has 0 spiro atoms. The Kier molecular flexibility index (Phi) is 12.0. The second-order valence-corrected chi connectivity index (χ2v) is 16.2. The summed E-state index contributed by atoms with van der Waals surface area (Å²) in [6.45, 7) is 5.46. The SMILES string of the molecule is CC(=O)N[C@@H](C(=O)N1CCCCC1C(=O)Cc1cn2cc(-c3ccc(-c4cnc(C5CCCN5C(=O)[C@@H](NC(=O)CO)C(C)C)[nH]4)cc3)sc2n1)c1ccccc1. The lowest BCUT2D eigenvalue weighted by Gasteiger charge is -2.37. The Morgan fingerprint density at radius 3 is 2.33 bits per heavy atom. The molecule has 2 fully saturated rings. The molecule has 0 saturated carbocycles. The van der Waals surface area contributed by atoms with Crippen LogP contribution in [0.4, 0.5) is 0 Å². The topological polar surface area (TPSA) is 182 Å². The predicted octanol–water partition coefficient (Wildman–Crippen LogP) is 4.62. The molecule has 2 aliphatic rings. The third-order valence-corrected chi connectivity index (χ3v) is 11.8. The number of piperidine rings is 1.